The molecule has 1 N–H and O–H groups in total. The van der Waals surface area contributed by atoms with Crippen molar-refractivity contribution in [1.82, 2.24) is 0 Å². The Bertz CT molecular complexity index is 666. The van der Waals surface area contributed by atoms with Crippen LogP contribution in [0.25, 0.3) is 0 Å². The molecule has 0 aliphatic heterocycles. The average molecular weight is 373 g/mol. The lowest BCUT2D eigenvalue weighted by Crippen LogP contribution is -2.30. The third-order valence-electron chi connectivity index (χ3n) is 2.67. The van der Waals surface area contributed by atoms with Gasteiger partial charge in [0.25, 0.3) is 5.91 Å². The molecule has 0 aliphatic rings. The summed E-state index contributed by atoms with van der Waals surface area (Å²) in [6, 6.07) is 10.9. The first-order valence-electron chi connectivity index (χ1n) is 6.14. The summed E-state index contributed by atoms with van der Waals surface area (Å²) in [5.74, 6) is -0.267. The van der Waals surface area contributed by atoms with Crippen molar-refractivity contribution >= 4 is 39.1 Å². The summed E-state index contributed by atoms with van der Waals surface area (Å²) in [6.45, 7) is 1.62. The van der Waals surface area contributed by atoms with Crippen LogP contribution in [-0.4, -0.2) is 12.0 Å². The molecule has 0 aliphatic carbocycles. The van der Waals surface area contributed by atoms with Gasteiger partial charge in [-0.05, 0) is 43.3 Å². The molecule has 0 saturated carbocycles. The Morgan fingerprint density at radius 3 is 2.76 bits per heavy atom. The Balaban J connectivity index is 2.02. The van der Waals surface area contributed by atoms with E-state index < -0.39 is 11.9 Å². The summed E-state index contributed by atoms with van der Waals surface area (Å²) >= 11 is 9.18. The Morgan fingerprint density at radius 2 is 2.10 bits per heavy atom. The molecule has 0 spiro atoms. The zero-order valence-electron chi connectivity index (χ0n) is 11.1. The molecule has 21 heavy (non-hydrogen) atoms. The highest BCUT2D eigenvalue weighted by Gasteiger charge is 2.16. The third kappa shape index (κ3) is 4.44. The Kier molecular flexibility index (Phi) is 5.20. The highest BCUT2D eigenvalue weighted by Crippen LogP contribution is 2.23. The first kappa shape index (κ1) is 15.8. The maximum Gasteiger partial charge on any atom is 0.265 e. The maximum atomic E-state index is 12.9. The second-order valence-corrected chi connectivity index (χ2v) is 5.65. The molecule has 0 saturated heterocycles. The first-order valence-corrected chi connectivity index (χ1v) is 7.31. The highest BCUT2D eigenvalue weighted by atomic mass is 79.9. The molecule has 1 unspecified atom stereocenters. The molecule has 0 aromatic heterocycles. The van der Waals surface area contributed by atoms with Crippen LogP contribution >= 0.6 is 27.5 Å². The Hall–Kier alpha value is -1.59. The van der Waals surface area contributed by atoms with E-state index in [1.807, 2.05) is 6.07 Å². The topological polar surface area (TPSA) is 38.3 Å². The Labute approximate surface area is 135 Å². The summed E-state index contributed by atoms with van der Waals surface area (Å²) in [5, 5.41) is 2.73. The second-order valence-electron chi connectivity index (χ2n) is 4.33. The zero-order chi connectivity index (χ0) is 15.4. The summed E-state index contributed by atoms with van der Waals surface area (Å²) in [7, 11) is 0. The molecule has 2 rings (SSSR count). The first-order chi connectivity index (χ1) is 9.95. The van der Waals surface area contributed by atoms with Gasteiger partial charge in [0.1, 0.15) is 11.6 Å². The van der Waals surface area contributed by atoms with Crippen molar-refractivity contribution in [2.45, 2.75) is 13.0 Å². The van der Waals surface area contributed by atoms with Gasteiger partial charge < -0.3 is 10.1 Å². The predicted octanol–water partition coefficient (Wildman–Crippen LogP) is 4.65. The van der Waals surface area contributed by atoms with E-state index in [1.165, 1.54) is 12.1 Å². The maximum absolute atomic E-state index is 12.9. The summed E-state index contributed by atoms with van der Waals surface area (Å²) in [6.07, 6.45) is -0.722. The van der Waals surface area contributed by atoms with E-state index in [0.29, 0.717) is 11.4 Å². The van der Waals surface area contributed by atoms with Crippen molar-refractivity contribution in [2.75, 3.05) is 5.32 Å². The minimum atomic E-state index is -0.722. The fourth-order valence-electron chi connectivity index (χ4n) is 1.62. The summed E-state index contributed by atoms with van der Waals surface area (Å²) in [4.78, 5) is 12.0. The van der Waals surface area contributed by atoms with Crippen molar-refractivity contribution in [3.8, 4) is 5.75 Å². The molecule has 2 aromatic carbocycles. The van der Waals surface area contributed by atoms with Gasteiger partial charge in [0, 0.05) is 4.47 Å². The fraction of sp³-hybridized carbons (Fsp3) is 0.133. The summed E-state index contributed by atoms with van der Waals surface area (Å²) in [5.41, 5.74) is 0.341. The number of hydrogen-bond donors (Lipinski definition) is 1. The second kappa shape index (κ2) is 6.91. The molecular weight excluding hydrogens is 361 g/mol. The van der Waals surface area contributed by atoms with E-state index >= 15 is 0 Å². The van der Waals surface area contributed by atoms with Crippen molar-refractivity contribution in [1.29, 1.82) is 0 Å². The number of amides is 1. The lowest BCUT2D eigenvalue weighted by atomic mass is 10.3. The quantitative estimate of drug-likeness (QED) is 0.848. The number of carbonyl (C=O) groups is 1. The van der Waals surface area contributed by atoms with E-state index in [0.717, 1.165) is 10.5 Å². The average Bonchev–Trinajstić information content (AvgIpc) is 2.41. The largest absolute Gasteiger partial charge is 0.481 e. The van der Waals surface area contributed by atoms with Gasteiger partial charge >= 0.3 is 0 Å². The predicted molar refractivity (Wildman–Crippen MR) is 84.3 cm³/mol. The van der Waals surface area contributed by atoms with E-state index in [9.17, 15) is 9.18 Å². The monoisotopic (exact) mass is 371 g/mol. The number of nitrogens with one attached hydrogen (secondary N) is 1. The molecule has 0 heterocycles. The number of anilines is 1. The van der Waals surface area contributed by atoms with Gasteiger partial charge in [-0.15, -0.1) is 0 Å². The van der Waals surface area contributed by atoms with Crippen LogP contribution in [0.15, 0.2) is 46.9 Å². The van der Waals surface area contributed by atoms with Gasteiger partial charge in [-0.25, -0.2) is 4.39 Å². The van der Waals surface area contributed by atoms with Gasteiger partial charge in [-0.2, -0.15) is 0 Å². The number of carbonyl (C=O) groups excluding carboxylic acids is 1. The van der Waals surface area contributed by atoms with Crippen LogP contribution in [0, 0.1) is 5.82 Å². The van der Waals surface area contributed by atoms with Crippen LogP contribution in [0.3, 0.4) is 0 Å². The van der Waals surface area contributed by atoms with Crippen LogP contribution in [0.5, 0.6) is 5.75 Å². The molecule has 2 aromatic rings. The molecular formula is C15H12BrClFNO2. The number of hydrogen-bond acceptors (Lipinski definition) is 2. The molecule has 110 valence electrons. The van der Waals surface area contributed by atoms with Crippen LogP contribution in [0.1, 0.15) is 6.92 Å². The molecule has 6 heteroatoms. The van der Waals surface area contributed by atoms with Gasteiger partial charge in [0.2, 0.25) is 0 Å². The van der Waals surface area contributed by atoms with Gasteiger partial charge in [-0.3, -0.25) is 4.79 Å². The smallest absolute Gasteiger partial charge is 0.265 e. The Morgan fingerprint density at radius 1 is 1.33 bits per heavy atom. The van der Waals surface area contributed by atoms with E-state index in [2.05, 4.69) is 21.2 Å². The standard InChI is InChI=1S/C15H12BrClFNO2/c1-9(21-12-4-2-3-10(16)7-12)15(20)19-14-6-5-11(18)8-13(14)17/h2-9H,1H3,(H,19,20). The van der Waals surface area contributed by atoms with Gasteiger partial charge in [-0.1, -0.05) is 33.6 Å². The third-order valence-corrected chi connectivity index (χ3v) is 3.47. The van der Waals surface area contributed by atoms with Crippen molar-refractivity contribution in [3.63, 3.8) is 0 Å². The van der Waals surface area contributed by atoms with Crippen LogP contribution in [-0.2, 0) is 4.79 Å². The molecule has 3 nitrogen and oxygen atoms in total. The summed E-state index contributed by atoms with van der Waals surface area (Å²) < 4.78 is 19.3. The lowest BCUT2D eigenvalue weighted by molar-refractivity contribution is -0.122. The van der Waals surface area contributed by atoms with Crippen molar-refractivity contribution < 1.29 is 13.9 Å². The lowest BCUT2D eigenvalue weighted by Gasteiger charge is -2.15. The minimum Gasteiger partial charge on any atom is -0.481 e. The SMILES string of the molecule is CC(Oc1cccc(Br)c1)C(=O)Nc1ccc(F)cc1Cl. The number of rotatable bonds is 4. The fourth-order valence-corrected chi connectivity index (χ4v) is 2.22. The van der Waals surface area contributed by atoms with E-state index in [1.54, 1.807) is 25.1 Å². The van der Waals surface area contributed by atoms with E-state index in [4.69, 9.17) is 16.3 Å². The van der Waals surface area contributed by atoms with Crippen LogP contribution in [0.2, 0.25) is 5.02 Å². The van der Waals surface area contributed by atoms with Crippen LogP contribution < -0.4 is 10.1 Å². The minimum absolute atomic E-state index is 0.137. The van der Waals surface area contributed by atoms with Crippen molar-refractivity contribution in [2.24, 2.45) is 0 Å². The molecule has 1 atom stereocenters. The van der Waals surface area contributed by atoms with Crippen LogP contribution in [0.4, 0.5) is 10.1 Å². The van der Waals surface area contributed by atoms with E-state index in [-0.39, 0.29) is 10.9 Å². The molecule has 0 radical (unpaired) electrons. The number of benzene rings is 2. The number of halogens is 3. The zero-order valence-corrected chi connectivity index (χ0v) is 13.4. The molecule has 0 bridgehead atoms. The highest BCUT2D eigenvalue weighted by molar-refractivity contribution is 9.10. The normalized spacial score (nSPS) is 11.8. The molecule has 1 amide bonds. The van der Waals surface area contributed by atoms with Gasteiger partial charge in [0.15, 0.2) is 6.10 Å². The molecule has 0 fully saturated rings. The van der Waals surface area contributed by atoms with Gasteiger partial charge in [0.05, 0.1) is 10.7 Å². The van der Waals surface area contributed by atoms with Crippen molar-refractivity contribution in [3.05, 3.63) is 57.8 Å². The number of ether oxygens (including phenoxy) is 1.